The molecule has 1 amide bonds. The van der Waals surface area contributed by atoms with E-state index in [2.05, 4.69) is 17.1 Å². The summed E-state index contributed by atoms with van der Waals surface area (Å²) in [4.78, 5) is 30.0. The van der Waals surface area contributed by atoms with Gasteiger partial charge < -0.3 is 9.84 Å². The van der Waals surface area contributed by atoms with Gasteiger partial charge in [0.1, 0.15) is 12.6 Å². The highest BCUT2D eigenvalue weighted by Crippen LogP contribution is 2.44. The molecular weight excluding hydrogens is 400 g/mol. The summed E-state index contributed by atoms with van der Waals surface area (Å²) in [5.41, 5.74) is 5.16. The maximum atomic E-state index is 12.9. The van der Waals surface area contributed by atoms with Crippen molar-refractivity contribution >= 4 is 23.4 Å². The molecule has 2 aromatic carbocycles. The lowest BCUT2D eigenvalue weighted by atomic mass is 9.98. The number of rotatable bonds is 6. The predicted molar refractivity (Wildman–Crippen MR) is 115 cm³/mol. The first kappa shape index (κ1) is 20.1. The second-order valence-electron chi connectivity index (χ2n) is 7.30. The van der Waals surface area contributed by atoms with Gasteiger partial charge in [-0.25, -0.2) is 14.6 Å². The number of benzene rings is 2. The van der Waals surface area contributed by atoms with Crippen LogP contribution in [0.25, 0.3) is 11.1 Å². The second kappa shape index (κ2) is 8.28. The largest absolute Gasteiger partial charge is 0.480 e. The van der Waals surface area contributed by atoms with E-state index >= 15 is 0 Å². The molecule has 1 heterocycles. The number of carbonyl (C=O) groups excluding carboxylic acids is 1. The first-order valence-corrected chi connectivity index (χ1v) is 10.6. The molecule has 0 saturated heterocycles. The topological polar surface area (TPSA) is 79.7 Å². The average molecular weight is 423 g/mol. The third-order valence-corrected chi connectivity index (χ3v) is 6.22. The number of carbonyl (C=O) groups is 2. The Bertz CT molecular complexity index is 1050. The van der Waals surface area contributed by atoms with Crippen LogP contribution in [-0.4, -0.2) is 39.7 Å². The lowest BCUT2D eigenvalue weighted by Crippen LogP contribution is -2.43. The molecule has 0 aliphatic heterocycles. The summed E-state index contributed by atoms with van der Waals surface area (Å²) in [5, 5.41) is 12.1. The normalized spacial score (nSPS) is 13.4. The van der Waals surface area contributed by atoms with Crippen LogP contribution in [0, 0.1) is 6.92 Å². The van der Waals surface area contributed by atoms with Gasteiger partial charge in [-0.2, -0.15) is 0 Å². The van der Waals surface area contributed by atoms with Gasteiger partial charge in [0.25, 0.3) is 0 Å². The summed E-state index contributed by atoms with van der Waals surface area (Å²) < 4.78 is 5.65. The van der Waals surface area contributed by atoms with Crippen LogP contribution in [0.4, 0.5) is 4.79 Å². The zero-order chi connectivity index (χ0) is 21.3. The van der Waals surface area contributed by atoms with E-state index in [-0.39, 0.29) is 19.1 Å². The second-order valence-corrected chi connectivity index (χ2v) is 8.37. The van der Waals surface area contributed by atoms with Crippen molar-refractivity contribution in [2.24, 2.45) is 0 Å². The van der Waals surface area contributed by atoms with Gasteiger partial charge in [-0.15, -0.1) is 11.3 Å². The number of ether oxygens (including phenoxy) is 1. The molecule has 4 rings (SSSR count). The third kappa shape index (κ3) is 3.80. The fourth-order valence-electron chi connectivity index (χ4n) is 3.83. The standard InChI is InChI=1S/C23H22N2O4S/c1-14(22(26)27)25(11-16-13-30-15(2)24-16)23(28)29-12-21-19-9-5-3-7-17(19)18-8-4-6-10-20(18)21/h3-10,13-14,21H,11-12H2,1-2H3,(H,26,27)/t14-/m1/s1. The maximum Gasteiger partial charge on any atom is 0.410 e. The van der Waals surface area contributed by atoms with Crippen molar-refractivity contribution in [3.8, 4) is 11.1 Å². The Hall–Kier alpha value is -3.19. The van der Waals surface area contributed by atoms with Crippen molar-refractivity contribution in [2.75, 3.05) is 6.61 Å². The molecule has 1 atom stereocenters. The number of aromatic nitrogens is 1. The van der Waals surface area contributed by atoms with Crippen molar-refractivity contribution in [1.29, 1.82) is 0 Å². The Balaban J connectivity index is 1.54. The minimum atomic E-state index is -1.09. The number of aliphatic carboxylic acids is 1. The fraction of sp³-hybridized carbons (Fsp3) is 0.261. The zero-order valence-electron chi connectivity index (χ0n) is 16.7. The number of thiazole rings is 1. The zero-order valence-corrected chi connectivity index (χ0v) is 17.6. The van der Waals surface area contributed by atoms with Gasteiger partial charge in [0.2, 0.25) is 0 Å². The summed E-state index contributed by atoms with van der Waals surface area (Å²) in [7, 11) is 0. The third-order valence-electron chi connectivity index (χ3n) is 5.39. The van der Waals surface area contributed by atoms with E-state index in [0.717, 1.165) is 27.3 Å². The average Bonchev–Trinajstić information content (AvgIpc) is 3.30. The molecule has 0 saturated carbocycles. The number of amides is 1. The molecule has 1 aromatic heterocycles. The number of hydrogen-bond donors (Lipinski definition) is 1. The van der Waals surface area contributed by atoms with E-state index in [4.69, 9.17) is 4.74 Å². The van der Waals surface area contributed by atoms with Crippen molar-refractivity contribution in [1.82, 2.24) is 9.88 Å². The highest BCUT2D eigenvalue weighted by Gasteiger charge is 2.32. The van der Waals surface area contributed by atoms with Crippen LogP contribution in [0.5, 0.6) is 0 Å². The Morgan fingerprint density at radius 3 is 2.27 bits per heavy atom. The van der Waals surface area contributed by atoms with E-state index in [1.165, 1.54) is 23.2 Å². The van der Waals surface area contributed by atoms with E-state index in [1.807, 2.05) is 48.7 Å². The van der Waals surface area contributed by atoms with Crippen molar-refractivity contribution in [3.05, 3.63) is 75.7 Å². The monoisotopic (exact) mass is 422 g/mol. The van der Waals surface area contributed by atoms with Crippen molar-refractivity contribution in [2.45, 2.75) is 32.4 Å². The van der Waals surface area contributed by atoms with Gasteiger partial charge in [-0.1, -0.05) is 48.5 Å². The SMILES string of the molecule is Cc1nc(CN(C(=O)OCC2c3ccccc3-c3ccccc32)[C@H](C)C(=O)O)cs1. The first-order valence-electron chi connectivity index (χ1n) is 9.71. The van der Waals surface area contributed by atoms with Gasteiger partial charge in [0.15, 0.2) is 0 Å². The molecule has 6 nitrogen and oxygen atoms in total. The van der Waals surface area contributed by atoms with Gasteiger partial charge in [0.05, 0.1) is 17.2 Å². The lowest BCUT2D eigenvalue weighted by Gasteiger charge is -2.26. The molecule has 30 heavy (non-hydrogen) atoms. The Morgan fingerprint density at radius 2 is 1.73 bits per heavy atom. The molecule has 0 spiro atoms. The van der Waals surface area contributed by atoms with Gasteiger partial charge in [0, 0.05) is 11.3 Å². The number of carboxylic acids is 1. The molecular formula is C23H22N2O4S. The quantitative estimate of drug-likeness (QED) is 0.624. The number of fused-ring (bicyclic) bond motifs is 3. The van der Waals surface area contributed by atoms with Crippen LogP contribution in [-0.2, 0) is 16.1 Å². The summed E-state index contributed by atoms with van der Waals surface area (Å²) >= 11 is 1.46. The van der Waals surface area contributed by atoms with Gasteiger partial charge in [-0.05, 0) is 36.1 Å². The molecule has 154 valence electrons. The van der Waals surface area contributed by atoms with Crippen LogP contribution in [0.3, 0.4) is 0 Å². The summed E-state index contributed by atoms with van der Waals surface area (Å²) in [6.07, 6.45) is -0.655. The van der Waals surface area contributed by atoms with Gasteiger partial charge >= 0.3 is 12.1 Å². The molecule has 0 fully saturated rings. The Labute approximate surface area is 178 Å². The highest BCUT2D eigenvalue weighted by molar-refractivity contribution is 7.09. The van der Waals surface area contributed by atoms with Crippen LogP contribution in [0.2, 0.25) is 0 Å². The number of aryl methyl sites for hydroxylation is 1. The van der Waals surface area contributed by atoms with E-state index in [1.54, 1.807) is 0 Å². The van der Waals surface area contributed by atoms with Crippen LogP contribution in [0.1, 0.15) is 34.7 Å². The van der Waals surface area contributed by atoms with Crippen molar-refractivity contribution < 1.29 is 19.4 Å². The summed E-state index contributed by atoms with van der Waals surface area (Å²) in [6, 6.07) is 15.1. The highest BCUT2D eigenvalue weighted by atomic mass is 32.1. The number of carboxylic acid groups (broad SMARTS) is 1. The molecule has 1 aliphatic rings. The van der Waals surface area contributed by atoms with E-state index < -0.39 is 18.1 Å². The summed E-state index contributed by atoms with van der Waals surface area (Å²) in [5.74, 6) is -1.17. The molecule has 0 unspecified atom stereocenters. The smallest absolute Gasteiger partial charge is 0.410 e. The van der Waals surface area contributed by atoms with E-state index in [0.29, 0.717) is 5.69 Å². The predicted octanol–water partition coefficient (Wildman–Crippen LogP) is 4.68. The number of nitrogens with zero attached hydrogens (tertiary/aromatic N) is 2. The lowest BCUT2D eigenvalue weighted by molar-refractivity contribution is -0.142. The maximum absolute atomic E-state index is 12.9. The minimum Gasteiger partial charge on any atom is -0.480 e. The number of hydrogen-bond acceptors (Lipinski definition) is 5. The molecule has 1 aliphatic carbocycles. The van der Waals surface area contributed by atoms with Crippen LogP contribution >= 0.6 is 11.3 Å². The molecule has 1 N–H and O–H groups in total. The van der Waals surface area contributed by atoms with Crippen molar-refractivity contribution in [3.63, 3.8) is 0 Å². The molecule has 0 bridgehead atoms. The molecule has 7 heteroatoms. The summed E-state index contributed by atoms with van der Waals surface area (Å²) in [6.45, 7) is 3.58. The molecule has 0 radical (unpaired) electrons. The Morgan fingerprint density at radius 1 is 1.13 bits per heavy atom. The van der Waals surface area contributed by atoms with Crippen LogP contribution < -0.4 is 0 Å². The van der Waals surface area contributed by atoms with Gasteiger partial charge in [-0.3, -0.25) is 4.90 Å². The Kier molecular flexibility index (Phi) is 5.55. The minimum absolute atomic E-state index is 0.0788. The first-order chi connectivity index (χ1) is 14.5. The van der Waals surface area contributed by atoms with E-state index in [9.17, 15) is 14.7 Å². The van der Waals surface area contributed by atoms with Crippen LogP contribution in [0.15, 0.2) is 53.9 Å². The molecule has 3 aromatic rings. The fourth-order valence-corrected chi connectivity index (χ4v) is 4.43.